The lowest BCUT2D eigenvalue weighted by Gasteiger charge is -2.22. The molecule has 0 aliphatic carbocycles. The minimum atomic E-state index is -0.575. The van der Waals surface area contributed by atoms with Crippen molar-refractivity contribution >= 4 is 17.6 Å². The highest BCUT2D eigenvalue weighted by molar-refractivity contribution is 5.89. The number of carbonyl (C=O) groups excluding carboxylic acids is 1. The number of nitro groups is 1. The van der Waals surface area contributed by atoms with Crippen LogP contribution in [0.1, 0.15) is 0 Å². The number of fused-ring (bicyclic) bond motifs is 1. The molecule has 2 aliphatic rings. The van der Waals surface area contributed by atoms with Crippen LogP contribution >= 0.6 is 0 Å². The quantitative estimate of drug-likeness (QED) is 0.427. The number of aliphatic hydroxyl groups excluding tert-OH is 1. The molecule has 1 N–H and O–H groups in total. The molecule has 170 valence electrons. The summed E-state index contributed by atoms with van der Waals surface area (Å²) in [5, 5.41) is 20.0. The molecule has 1 amide bonds. The number of nitrogens with zero attached hydrogens (tertiary/aromatic N) is 6. The molecule has 1 saturated heterocycles. The second-order valence-electron chi connectivity index (χ2n) is 7.43. The summed E-state index contributed by atoms with van der Waals surface area (Å²) in [5.74, 6) is 0.0957. The molecular formula is C20H18N6O7. The maximum absolute atomic E-state index is 11.9. The van der Waals surface area contributed by atoms with E-state index in [1.54, 1.807) is 36.7 Å². The molecule has 0 radical (unpaired) electrons. The number of rotatable bonds is 6. The normalized spacial score (nSPS) is 19.5. The number of hydrogen-bond acceptors (Lipinski definition) is 10. The van der Waals surface area contributed by atoms with Crippen molar-refractivity contribution in [3.63, 3.8) is 0 Å². The summed E-state index contributed by atoms with van der Waals surface area (Å²) >= 11 is 0. The number of anilines is 1. The molecular weight excluding hydrogens is 436 g/mol. The molecule has 33 heavy (non-hydrogen) atoms. The zero-order valence-electron chi connectivity index (χ0n) is 17.1. The molecule has 0 aromatic carbocycles. The minimum Gasteiger partial charge on any atom is -0.469 e. The smallest absolute Gasteiger partial charge is 0.414 e. The van der Waals surface area contributed by atoms with Gasteiger partial charge < -0.3 is 29.4 Å². The lowest BCUT2D eigenvalue weighted by molar-refractivity contribution is -0.389. The Kier molecular flexibility index (Phi) is 5.22. The number of ether oxygens (including phenoxy) is 3. The predicted octanol–water partition coefficient (Wildman–Crippen LogP) is 1.41. The number of hydrogen-bond donors (Lipinski definition) is 1. The van der Waals surface area contributed by atoms with Crippen LogP contribution in [0.25, 0.3) is 11.3 Å². The summed E-state index contributed by atoms with van der Waals surface area (Å²) in [6, 6.07) is 7.19. The van der Waals surface area contributed by atoms with Crippen molar-refractivity contribution in [1.82, 2.24) is 19.5 Å². The van der Waals surface area contributed by atoms with E-state index in [1.807, 2.05) is 0 Å². The molecule has 13 heteroatoms. The minimum absolute atomic E-state index is 0.188. The Bertz CT molecular complexity index is 1180. The van der Waals surface area contributed by atoms with Crippen LogP contribution in [0.3, 0.4) is 0 Å². The molecule has 2 unspecified atom stereocenters. The van der Waals surface area contributed by atoms with Gasteiger partial charge in [0.1, 0.15) is 18.9 Å². The number of imidazole rings is 1. The first-order valence-electron chi connectivity index (χ1n) is 10.0. The van der Waals surface area contributed by atoms with E-state index in [1.165, 1.54) is 15.7 Å². The zero-order valence-corrected chi connectivity index (χ0v) is 17.1. The van der Waals surface area contributed by atoms with E-state index < -0.39 is 17.1 Å². The average molecular weight is 454 g/mol. The average Bonchev–Trinajstić information content (AvgIpc) is 3.43. The molecule has 13 nitrogen and oxygen atoms in total. The van der Waals surface area contributed by atoms with Crippen molar-refractivity contribution in [2.45, 2.75) is 18.8 Å². The highest BCUT2D eigenvalue weighted by atomic mass is 16.6. The molecule has 5 heterocycles. The maximum Gasteiger partial charge on any atom is 0.414 e. The topological polar surface area (TPSA) is 155 Å². The number of pyridine rings is 2. The Morgan fingerprint density at radius 1 is 1.21 bits per heavy atom. The van der Waals surface area contributed by atoms with Crippen molar-refractivity contribution in [1.29, 1.82) is 0 Å². The molecule has 1 fully saturated rings. The predicted molar refractivity (Wildman–Crippen MR) is 111 cm³/mol. The van der Waals surface area contributed by atoms with E-state index in [9.17, 15) is 14.9 Å². The van der Waals surface area contributed by atoms with E-state index in [-0.39, 0.29) is 37.7 Å². The zero-order chi connectivity index (χ0) is 22.9. The van der Waals surface area contributed by atoms with Gasteiger partial charge in [-0.25, -0.2) is 9.78 Å². The Labute approximate surface area is 186 Å². The van der Waals surface area contributed by atoms with Gasteiger partial charge in [-0.1, -0.05) is 0 Å². The van der Waals surface area contributed by atoms with Crippen LogP contribution in [0, 0.1) is 10.1 Å². The highest BCUT2D eigenvalue weighted by Crippen LogP contribution is 2.26. The number of cyclic esters (lactones) is 1. The van der Waals surface area contributed by atoms with Crippen LogP contribution in [-0.2, 0) is 11.3 Å². The van der Waals surface area contributed by atoms with Crippen LogP contribution in [0.15, 0.2) is 42.9 Å². The van der Waals surface area contributed by atoms with Gasteiger partial charge in [-0.15, -0.1) is 0 Å². The standard InChI is InChI=1S/C20H18N6O7/c27-10-14-8-25(20(28)33-14)13-2-3-16(21-6-13)12-1-4-18(22-5-12)32-15-7-24-9-17(26(29)30)23-19(24)31-11-15/h1-6,9,14-15,27H,7-8,10-11H2. The Morgan fingerprint density at radius 2 is 2.09 bits per heavy atom. The van der Waals surface area contributed by atoms with Gasteiger partial charge in [0.2, 0.25) is 5.88 Å². The summed E-state index contributed by atoms with van der Waals surface area (Å²) in [7, 11) is 0. The van der Waals surface area contributed by atoms with Crippen LogP contribution < -0.4 is 14.4 Å². The summed E-state index contributed by atoms with van der Waals surface area (Å²) in [6.45, 7) is 0.572. The third kappa shape index (κ3) is 4.13. The molecule has 5 rings (SSSR count). The molecule has 2 aliphatic heterocycles. The van der Waals surface area contributed by atoms with E-state index >= 15 is 0 Å². The number of carbonyl (C=O) groups is 1. The Morgan fingerprint density at radius 3 is 2.76 bits per heavy atom. The fourth-order valence-corrected chi connectivity index (χ4v) is 3.55. The second-order valence-corrected chi connectivity index (χ2v) is 7.43. The fourth-order valence-electron chi connectivity index (χ4n) is 3.55. The van der Waals surface area contributed by atoms with E-state index in [4.69, 9.17) is 19.3 Å². The first kappa shape index (κ1) is 20.6. The van der Waals surface area contributed by atoms with Crippen molar-refractivity contribution in [2.75, 3.05) is 24.7 Å². The molecule has 3 aromatic heterocycles. The summed E-state index contributed by atoms with van der Waals surface area (Å²) < 4.78 is 17.9. The molecule has 0 bridgehead atoms. The fraction of sp³-hybridized carbons (Fsp3) is 0.300. The lowest BCUT2D eigenvalue weighted by Crippen LogP contribution is -2.34. The van der Waals surface area contributed by atoms with Crippen LogP contribution in [0.5, 0.6) is 11.9 Å². The molecule has 3 aromatic rings. The number of aromatic nitrogens is 4. The Hall–Kier alpha value is -4.26. The summed E-state index contributed by atoms with van der Waals surface area (Å²) in [6.07, 6.45) is 3.03. The largest absolute Gasteiger partial charge is 0.469 e. The van der Waals surface area contributed by atoms with Crippen molar-refractivity contribution < 1.29 is 29.0 Å². The van der Waals surface area contributed by atoms with Gasteiger partial charge in [0, 0.05) is 22.8 Å². The highest BCUT2D eigenvalue weighted by Gasteiger charge is 2.32. The Balaban J connectivity index is 1.23. The van der Waals surface area contributed by atoms with Crippen LogP contribution in [-0.4, -0.2) is 67.6 Å². The van der Waals surface area contributed by atoms with Gasteiger partial charge in [-0.3, -0.25) is 14.5 Å². The third-order valence-electron chi connectivity index (χ3n) is 5.17. The monoisotopic (exact) mass is 454 g/mol. The van der Waals surface area contributed by atoms with Crippen LogP contribution in [0.2, 0.25) is 0 Å². The number of amides is 1. The van der Waals surface area contributed by atoms with Gasteiger partial charge in [-0.05, 0) is 23.1 Å². The third-order valence-corrected chi connectivity index (χ3v) is 5.17. The van der Waals surface area contributed by atoms with E-state index in [2.05, 4.69) is 15.0 Å². The SMILES string of the molecule is O=C1OC(CO)CN1c1ccc(-c2ccc(OC3COc4nc([N+](=O)[O-])cn4C3)nc2)nc1. The van der Waals surface area contributed by atoms with Gasteiger partial charge in [-0.2, -0.15) is 0 Å². The molecule has 0 saturated carbocycles. The van der Waals surface area contributed by atoms with Gasteiger partial charge in [0.15, 0.2) is 6.10 Å². The molecule has 2 atom stereocenters. The molecule has 0 spiro atoms. The van der Waals surface area contributed by atoms with Gasteiger partial charge >= 0.3 is 17.9 Å². The van der Waals surface area contributed by atoms with Crippen molar-refractivity contribution in [2.24, 2.45) is 0 Å². The first-order chi connectivity index (χ1) is 16.0. The van der Waals surface area contributed by atoms with E-state index in [0.29, 0.717) is 23.8 Å². The van der Waals surface area contributed by atoms with Crippen molar-refractivity contribution in [3.05, 3.63) is 53.0 Å². The van der Waals surface area contributed by atoms with Crippen molar-refractivity contribution in [3.8, 4) is 23.1 Å². The summed E-state index contributed by atoms with van der Waals surface area (Å²) in [4.78, 5) is 36.1. The first-order valence-corrected chi connectivity index (χ1v) is 10.0. The van der Waals surface area contributed by atoms with Crippen LogP contribution in [0.4, 0.5) is 16.3 Å². The number of aliphatic hydroxyl groups is 1. The lowest BCUT2D eigenvalue weighted by atomic mass is 10.2. The van der Waals surface area contributed by atoms with E-state index in [0.717, 1.165) is 5.56 Å². The summed E-state index contributed by atoms with van der Waals surface area (Å²) in [5.41, 5.74) is 1.98. The maximum atomic E-state index is 11.9. The second kappa shape index (κ2) is 8.35. The van der Waals surface area contributed by atoms with Gasteiger partial charge in [0.25, 0.3) is 0 Å². The van der Waals surface area contributed by atoms with Gasteiger partial charge in [0.05, 0.1) is 37.3 Å².